The van der Waals surface area contributed by atoms with Gasteiger partial charge in [0.1, 0.15) is 0 Å². The summed E-state index contributed by atoms with van der Waals surface area (Å²) in [5.41, 5.74) is -0.195. The van der Waals surface area contributed by atoms with Crippen LogP contribution >= 0.6 is 0 Å². The van der Waals surface area contributed by atoms with Gasteiger partial charge in [-0.1, -0.05) is 52.4 Å². The molecule has 0 aromatic rings. The van der Waals surface area contributed by atoms with E-state index in [1.54, 1.807) is 0 Å². The molecule has 100 valence electrons. The number of carbonyl (C=O) groups excluding carboxylic acids is 1. The summed E-state index contributed by atoms with van der Waals surface area (Å²) in [6.07, 6.45) is 9.73. The first kappa shape index (κ1) is 14.5. The number of ether oxygens (including phenoxy) is 1. The summed E-state index contributed by atoms with van der Waals surface area (Å²) in [5.74, 6) is 0.495. The molecule has 1 fully saturated rings. The molecule has 0 spiro atoms. The summed E-state index contributed by atoms with van der Waals surface area (Å²) in [4.78, 5) is 11.8. The van der Waals surface area contributed by atoms with E-state index >= 15 is 0 Å². The Morgan fingerprint density at radius 3 is 2.53 bits per heavy atom. The Bertz CT molecular complexity index is 237. The third-order valence-corrected chi connectivity index (χ3v) is 4.21. The van der Waals surface area contributed by atoms with Crippen LogP contribution in [0.1, 0.15) is 72.1 Å². The molecule has 0 amide bonds. The Hall–Kier alpha value is -0.530. The Morgan fingerprint density at radius 2 is 1.88 bits per heavy atom. The van der Waals surface area contributed by atoms with E-state index in [-0.39, 0.29) is 11.4 Å². The number of rotatable bonds is 8. The largest absolute Gasteiger partial charge is 0.465 e. The molecule has 1 rings (SSSR count). The van der Waals surface area contributed by atoms with Gasteiger partial charge in [-0.3, -0.25) is 4.79 Å². The lowest BCUT2D eigenvalue weighted by Gasteiger charge is -2.26. The van der Waals surface area contributed by atoms with Crippen molar-refractivity contribution in [3.8, 4) is 0 Å². The molecule has 0 aliphatic carbocycles. The molecule has 1 heterocycles. The molecule has 0 bridgehead atoms. The predicted molar refractivity (Wildman–Crippen MR) is 70.8 cm³/mol. The van der Waals surface area contributed by atoms with Crippen LogP contribution in [0, 0.1) is 11.3 Å². The van der Waals surface area contributed by atoms with Crippen molar-refractivity contribution in [3.05, 3.63) is 0 Å². The van der Waals surface area contributed by atoms with Crippen molar-refractivity contribution in [2.75, 3.05) is 6.61 Å². The Morgan fingerprint density at radius 1 is 1.18 bits per heavy atom. The molecule has 1 unspecified atom stereocenters. The second kappa shape index (κ2) is 7.03. The van der Waals surface area contributed by atoms with E-state index < -0.39 is 0 Å². The lowest BCUT2D eigenvalue weighted by Crippen LogP contribution is -2.29. The van der Waals surface area contributed by atoms with E-state index in [0.717, 1.165) is 19.3 Å². The van der Waals surface area contributed by atoms with Crippen LogP contribution in [-0.2, 0) is 9.53 Å². The van der Waals surface area contributed by atoms with Crippen molar-refractivity contribution >= 4 is 5.97 Å². The fourth-order valence-corrected chi connectivity index (χ4v) is 2.91. The molecule has 1 aliphatic heterocycles. The average Bonchev–Trinajstić information content (AvgIpc) is 2.57. The number of cyclic esters (lactones) is 1. The van der Waals surface area contributed by atoms with E-state index in [0.29, 0.717) is 12.5 Å². The van der Waals surface area contributed by atoms with Gasteiger partial charge in [-0.05, 0) is 19.8 Å². The number of unbranched alkanes of at least 4 members (excludes halogenated alkanes) is 4. The molecule has 1 aliphatic rings. The second-order valence-corrected chi connectivity index (χ2v) is 5.67. The molecule has 17 heavy (non-hydrogen) atoms. The summed E-state index contributed by atoms with van der Waals surface area (Å²) in [6.45, 7) is 7.14. The maximum absolute atomic E-state index is 11.8. The highest BCUT2D eigenvalue weighted by molar-refractivity contribution is 5.78. The first-order valence-electron chi connectivity index (χ1n) is 7.32. The van der Waals surface area contributed by atoms with Crippen molar-refractivity contribution < 1.29 is 9.53 Å². The molecule has 0 saturated carbocycles. The van der Waals surface area contributed by atoms with E-state index in [1.807, 2.05) is 0 Å². The summed E-state index contributed by atoms with van der Waals surface area (Å²) >= 11 is 0. The Kier molecular flexibility index (Phi) is 6.01. The molecular weight excluding hydrogens is 212 g/mol. The summed E-state index contributed by atoms with van der Waals surface area (Å²) in [6, 6.07) is 0. The summed E-state index contributed by atoms with van der Waals surface area (Å²) in [7, 11) is 0. The quantitative estimate of drug-likeness (QED) is 0.466. The van der Waals surface area contributed by atoms with Crippen molar-refractivity contribution in [3.63, 3.8) is 0 Å². The van der Waals surface area contributed by atoms with Crippen molar-refractivity contribution in [1.29, 1.82) is 0 Å². The summed E-state index contributed by atoms with van der Waals surface area (Å²) in [5, 5.41) is 0. The van der Waals surface area contributed by atoms with Gasteiger partial charge in [-0.2, -0.15) is 0 Å². The number of hydrogen-bond donors (Lipinski definition) is 0. The zero-order chi connectivity index (χ0) is 12.7. The minimum Gasteiger partial charge on any atom is -0.465 e. The zero-order valence-corrected chi connectivity index (χ0v) is 11.8. The van der Waals surface area contributed by atoms with Crippen LogP contribution in [0.3, 0.4) is 0 Å². The van der Waals surface area contributed by atoms with E-state index in [4.69, 9.17) is 4.74 Å². The smallest absolute Gasteiger partial charge is 0.312 e. The summed E-state index contributed by atoms with van der Waals surface area (Å²) < 4.78 is 5.27. The molecule has 2 atom stereocenters. The average molecular weight is 240 g/mol. The normalized spacial score (nSPS) is 28.4. The van der Waals surface area contributed by atoms with Gasteiger partial charge in [0.05, 0.1) is 12.0 Å². The van der Waals surface area contributed by atoms with Gasteiger partial charge in [0, 0.05) is 5.92 Å². The topological polar surface area (TPSA) is 26.3 Å². The highest BCUT2D eigenvalue weighted by Gasteiger charge is 2.46. The van der Waals surface area contributed by atoms with E-state index in [1.165, 1.54) is 32.1 Å². The molecule has 0 aromatic heterocycles. The molecule has 0 N–H and O–H groups in total. The van der Waals surface area contributed by atoms with Crippen LogP contribution in [0.5, 0.6) is 0 Å². The van der Waals surface area contributed by atoms with Crippen LogP contribution < -0.4 is 0 Å². The first-order chi connectivity index (χ1) is 8.15. The van der Waals surface area contributed by atoms with E-state index in [9.17, 15) is 4.79 Å². The van der Waals surface area contributed by atoms with Gasteiger partial charge in [0.25, 0.3) is 0 Å². The SMILES string of the molecule is CCCCCCC[C@@H]1COC(=O)C1(C)CCC. The minimum atomic E-state index is -0.195. The van der Waals surface area contributed by atoms with Crippen LogP contribution in [0.4, 0.5) is 0 Å². The van der Waals surface area contributed by atoms with Crippen LogP contribution in [-0.4, -0.2) is 12.6 Å². The van der Waals surface area contributed by atoms with Crippen LogP contribution in [0.15, 0.2) is 0 Å². The minimum absolute atomic E-state index is 0.0397. The number of carbonyl (C=O) groups is 1. The van der Waals surface area contributed by atoms with Gasteiger partial charge in [-0.25, -0.2) is 0 Å². The fourth-order valence-electron chi connectivity index (χ4n) is 2.91. The fraction of sp³-hybridized carbons (Fsp3) is 0.933. The van der Waals surface area contributed by atoms with Crippen LogP contribution in [0.25, 0.3) is 0 Å². The van der Waals surface area contributed by atoms with Crippen LogP contribution in [0.2, 0.25) is 0 Å². The highest BCUT2D eigenvalue weighted by atomic mass is 16.5. The molecule has 1 saturated heterocycles. The van der Waals surface area contributed by atoms with Gasteiger partial charge in [0.2, 0.25) is 0 Å². The first-order valence-corrected chi connectivity index (χ1v) is 7.32. The van der Waals surface area contributed by atoms with Crippen molar-refractivity contribution in [2.24, 2.45) is 11.3 Å². The zero-order valence-electron chi connectivity index (χ0n) is 11.8. The maximum atomic E-state index is 11.8. The highest BCUT2D eigenvalue weighted by Crippen LogP contribution is 2.42. The molecule has 2 nitrogen and oxygen atoms in total. The lowest BCUT2D eigenvalue weighted by molar-refractivity contribution is -0.146. The Balaban J connectivity index is 2.34. The number of hydrogen-bond acceptors (Lipinski definition) is 2. The van der Waals surface area contributed by atoms with Gasteiger partial charge in [0.15, 0.2) is 0 Å². The maximum Gasteiger partial charge on any atom is 0.312 e. The number of esters is 1. The lowest BCUT2D eigenvalue weighted by atomic mass is 9.74. The standard InChI is InChI=1S/C15H28O2/c1-4-6-7-8-9-10-13-12-17-14(16)15(13,3)11-5-2/h13H,4-12H2,1-3H3/t13-,15?/m1/s1. The van der Waals surface area contributed by atoms with Crippen molar-refractivity contribution in [1.82, 2.24) is 0 Å². The molecule has 2 heteroatoms. The Labute approximate surface area is 106 Å². The molecule has 0 radical (unpaired) electrons. The molecular formula is C15H28O2. The van der Waals surface area contributed by atoms with Gasteiger partial charge < -0.3 is 4.74 Å². The third-order valence-electron chi connectivity index (χ3n) is 4.21. The predicted octanol–water partition coefficient (Wildman–Crippen LogP) is 4.33. The van der Waals surface area contributed by atoms with E-state index in [2.05, 4.69) is 20.8 Å². The third kappa shape index (κ3) is 3.72. The second-order valence-electron chi connectivity index (χ2n) is 5.67. The van der Waals surface area contributed by atoms with Gasteiger partial charge >= 0.3 is 5.97 Å². The van der Waals surface area contributed by atoms with Gasteiger partial charge in [-0.15, -0.1) is 0 Å². The van der Waals surface area contributed by atoms with Crippen molar-refractivity contribution in [2.45, 2.75) is 72.1 Å². The monoisotopic (exact) mass is 240 g/mol. The molecule has 0 aromatic carbocycles.